The number of nitrogens with one attached hydrogen (secondary N) is 1. The standard InChI is InChI=1S/C21H24F4NO5P/c1-3-4-5-10-30-16-8-6-14(18(22)20(16)24)15-7-9-17(21(25)19(15)23)31-11-13(2)12-32(28,29)26-27/h3,6-9,13,27H,1,4-5,10-12H2,2H3,(H2,26,28,29)/t13-/m0/s1. The number of hydrogen-bond acceptors (Lipinski definition) is 4. The molecule has 0 bridgehead atoms. The van der Waals surface area contributed by atoms with Gasteiger partial charge in [-0.1, -0.05) is 13.0 Å². The van der Waals surface area contributed by atoms with Crippen LogP contribution in [0.1, 0.15) is 19.8 Å². The average Bonchev–Trinajstić information content (AvgIpc) is 2.75. The summed E-state index contributed by atoms with van der Waals surface area (Å²) in [6.45, 7) is 4.92. The highest BCUT2D eigenvalue weighted by molar-refractivity contribution is 7.55. The second kappa shape index (κ2) is 11.5. The molecule has 2 atom stereocenters. The molecule has 0 saturated heterocycles. The Labute approximate surface area is 182 Å². The Morgan fingerprint density at radius 3 is 2.06 bits per heavy atom. The van der Waals surface area contributed by atoms with Crippen LogP contribution < -0.4 is 14.7 Å². The third-order valence-electron chi connectivity index (χ3n) is 4.43. The van der Waals surface area contributed by atoms with Crippen LogP contribution in [0.4, 0.5) is 17.6 Å². The maximum Gasteiger partial charge on any atom is 0.289 e. The number of unbranched alkanes of at least 4 members (excludes halogenated alkanes) is 1. The highest BCUT2D eigenvalue weighted by Gasteiger charge is 2.24. The lowest BCUT2D eigenvalue weighted by molar-refractivity contribution is 0.215. The van der Waals surface area contributed by atoms with Gasteiger partial charge in [-0.25, -0.2) is 8.78 Å². The number of ether oxygens (including phenoxy) is 2. The fourth-order valence-corrected chi connectivity index (χ4v) is 3.89. The first-order valence-electron chi connectivity index (χ1n) is 9.67. The molecule has 0 aliphatic rings. The Morgan fingerprint density at radius 2 is 1.56 bits per heavy atom. The van der Waals surface area contributed by atoms with Gasteiger partial charge in [-0.05, 0) is 37.1 Å². The molecule has 0 aliphatic heterocycles. The first kappa shape index (κ1) is 25.9. The Morgan fingerprint density at radius 1 is 1.03 bits per heavy atom. The maximum atomic E-state index is 14.6. The molecule has 6 nitrogen and oxygen atoms in total. The predicted octanol–water partition coefficient (Wildman–Crippen LogP) is 5.43. The van der Waals surface area contributed by atoms with E-state index in [1.54, 1.807) is 6.08 Å². The fraction of sp³-hybridized carbons (Fsp3) is 0.333. The van der Waals surface area contributed by atoms with Crippen LogP contribution in [0.5, 0.6) is 11.5 Å². The molecule has 0 spiro atoms. The van der Waals surface area contributed by atoms with Gasteiger partial charge in [0.1, 0.15) is 0 Å². The predicted molar refractivity (Wildman–Crippen MR) is 111 cm³/mol. The second-order valence-corrected chi connectivity index (χ2v) is 9.13. The van der Waals surface area contributed by atoms with Gasteiger partial charge in [0.25, 0.3) is 7.52 Å². The minimum Gasteiger partial charge on any atom is -0.490 e. The molecule has 0 saturated carbocycles. The molecule has 3 N–H and O–H groups in total. The van der Waals surface area contributed by atoms with Gasteiger partial charge in [0.15, 0.2) is 23.1 Å². The molecule has 0 aromatic heterocycles. The lowest BCUT2D eigenvalue weighted by Gasteiger charge is -2.17. The van der Waals surface area contributed by atoms with Crippen molar-refractivity contribution in [3.8, 4) is 22.6 Å². The van der Waals surface area contributed by atoms with Gasteiger partial charge in [-0.2, -0.15) is 8.78 Å². The van der Waals surface area contributed by atoms with E-state index in [2.05, 4.69) is 6.58 Å². The van der Waals surface area contributed by atoms with Crippen molar-refractivity contribution in [3.63, 3.8) is 0 Å². The third-order valence-corrected chi connectivity index (χ3v) is 5.86. The smallest absolute Gasteiger partial charge is 0.289 e. The number of hydrogen-bond donors (Lipinski definition) is 3. The van der Waals surface area contributed by atoms with E-state index in [0.29, 0.717) is 12.8 Å². The van der Waals surface area contributed by atoms with E-state index in [4.69, 9.17) is 14.7 Å². The third kappa shape index (κ3) is 6.56. The zero-order valence-electron chi connectivity index (χ0n) is 17.3. The van der Waals surface area contributed by atoms with Gasteiger partial charge < -0.3 is 19.6 Å². The van der Waals surface area contributed by atoms with Crippen molar-refractivity contribution in [1.82, 2.24) is 5.25 Å². The molecule has 1 unspecified atom stereocenters. The molecule has 2 aromatic carbocycles. The van der Waals surface area contributed by atoms with Crippen molar-refractivity contribution in [3.05, 3.63) is 60.2 Å². The van der Waals surface area contributed by atoms with Gasteiger partial charge in [0.2, 0.25) is 11.6 Å². The van der Waals surface area contributed by atoms with Crippen LogP contribution in [-0.2, 0) is 4.57 Å². The van der Waals surface area contributed by atoms with Gasteiger partial charge in [0.05, 0.1) is 13.2 Å². The second-order valence-electron chi connectivity index (χ2n) is 7.16. The number of halogens is 4. The zero-order valence-corrected chi connectivity index (χ0v) is 18.2. The van der Waals surface area contributed by atoms with E-state index in [1.165, 1.54) is 12.2 Å². The quantitative estimate of drug-likeness (QED) is 0.124. The summed E-state index contributed by atoms with van der Waals surface area (Å²) >= 11 is 0. The Balaban J connectivity index is 2.18. The lowest BCUT2D eigenvalue weighted by Crippen LogP contribution is -2.18. The Hall–Kier alpha value is -2.39. The van der Waals surface area contributed by atoms with Crippen molar-refractivity contribution in [2.45, 2.75) is 19.8 Å². The SMILES string of the molecule is C=CCCCOc1ccc(-c2ccc(OC[C@H](C)CP(=O)(O)NO)c(F)c2F)c(F)c1F. The molecule has 0 amide bonds. The summed E-state index contributed by atoms with van der Waals surface area (Å²) in [7, 11) is -3.98. The number of allylic oxidation sites excluding steroid dienone is 1. The highest BCUT2D eigenvalue weighted by Crippen LogP contribution is 2.37. The normalized spacial score (nSPS) is 14.0. The molecule has 32 heavy (non-hydrogen) atoms. The summed E-state index contributed by atoms with van der Waals surface area (Å²) < 4.78 is 79.6. The van der Waals surface area contributed by atoms with Crippen molar-refractivity contribution in [2.24, 2.45) is 5.92 Å². The molecular weight excluding hydrogens is 453 g/mol. The van der Waals surface area contributed by atoms with E-state index in [1.807, 2.05) is 0 Å². The van der Waals surface area contributed by atoms with Crippen LogP contribution in [-0.4, -0.2) is 29.5 Å². The molecule has 0 heterocycles. The van der Waals surface area contributed by atoms with Gasteiger partial charge >= 0.3 is 0 Å². The van der Waals surface area contributed by atoms with E-state index in [-0.39, 0.29) is 25.1 Å². The van der Waals surface area contributed by atoms with Crippen LogP contribution >= 0.6 is 7.52 Å². The van der Waals surface area contributed by atoms with Crippen molar-refractivity contribution >= 4 is 7.52 Å². The van der Waals surface area contributed by atoms with Crippen molar-refractivity contribution < 1.29 is 41.7 Å². The Bertz CT molecular complexity index is 1000. The summed E-state index contributed by atoms with van der Waals surface area (Å²) in [6.07, 6.45) is 2.47. The summed E-state index contributed by atoms with van der Waals surface area (Å²) in [4.78, 5) is 9.32. The molecule has 0 aliphatic carbocycles. The first-order valence-corrected chi connectivity index (χ1v) is 11.5. The molecule has 0 fully saturated rings. The molecule has 11 heteroatoms. The summed E-state index contributed by atoms with van der Waals surface area (Å²) in [6, 6.07) is 4.29. The number of benzene rings is 2. The van der Waals surface area contributed by atoms with E-state index >= 15 is 0 Å². The van der Waals surface area contributed by atoms with Crippen LogP contribution in [0.15, 0.2) is 36.9 Å². The highest BCUT2D eigenvalue weighted by atomic mass is 31.2. The van der Waals surface area contributed by atoms with Crippen molar-refractivity contribution in [2.75, 3.05) is 19.4 Å². The van der Waals surface area contributed by atoms with E-state index in [9.17, 15) is 27.0 Å². The molecule has 2 aromatic rings. The van der Waals surface area contributed by atoms with Gasteiger partial charge in [0, 0.05) is 23.2 Å². The van der Waals surface area contributed by atoms with Crippen molar-refractivity contribution in [1.29, 1.82) is 0 Å². The van der Waals surface area contributed by atoms with E-state index in [0.717, 1.165) is 24.3 Å². The number of rotatable bonds is 12. The average molecular weight is 477 g/mol. The van der Waals surface area contributed by atoms with Crippen LogP contribution in [0.3, 0.4) is 0 Å². The molecular formula is C21H24F4NO5P. The van der Waals surface area contributed by atoms with Crippen LogP contribution in [0.2, 0.25) is 0 Å². The van der Waals surface area contributed by atoms with Crippen LogP contribution in [0.25, 0.3) is 11.1 Å². The monoisotopic (exact) mass is 477 g/mol. The largest absolute Gasteiger partial charge is 0.490 e. The zero-order chi connectivity index (χ0) is 23.9. The van der Waals surface area contributed by atoms with Crippen LogP contribution in [0, 0.1) is 29.2 Å². The molecule has 176 valence electrons. The lowest BCUT2D eigenvalue weighted by atomic mass is 10.0. The maximum absolute atomic E-state index is 14.6. The topological polar surface area (TPSA) is 88.0 Å². The summed E-state index contributed by atoms with van der Waals surface area (Å²) in [5, 5.41) is 9.88. The summed E-state index contributed by atoms with van der Waals surface area (Å²) in [5.74, 6) is -7.03. The minimum atomic E-state index is -3.98. The summed E-state index contributed by atoms with van der Waals surface area (Å²) in [5.41, 5.74) is -1.01. The fourth-order valence-electron chi connectivity index (χ4n) is 2.86. The van der Waals surface area contributed by atoms with E-state index < -0.39 is 53.6 Å². The molecule has 2 rings (SSSR count). The molecule has 0 radical (unpaired) electrons. The Kier molecular flexibility index (Phi) is 9.27. The van der Waals surface area contributed by atoms with Gasteiger partial charge in [-0.15, -0.1) is 11.8 Å². The first-order chi connectivity index (χ1) is 15.1. The van der Waals surface area contributed by atoms with Gasteiger partial charge in [-0.3, -0.25) is 4.57 Å². The minimum absolute atomic E-state index is 0.134.